The molecule has 1 saturated carbocycles. The Bertz CT molecular complexity index is 840. The minimum absolute atomic E-state index is 0.0896. The van der Waals surface area contributed by atoms with Crippen molar-refractivity contribution < 1.29 is 9.53 Å². The third kappa shape index (κ3) is 3.33. The molecule has 5 heteroatoms. The second-order valence-electron chi connectivity index (χ2n) is 6.55. The number of carbonyl (C=O) groups excluding carboxylic acids is 1. The zero-order valence-corrected chi connectivity index (χ0v) is 13.7. The highest BCUT2D eigenvalue weighted by molar-refractivity contribution is 5.71. The first-order chi connectivity index (χ1) is 11.7. The van der Waals surface area contributed by atoms with Crippen molar-refractivity contribution in [2.75, 3.05) is 0 Å². The minimum Gasteiger partial charge on any atom is -0.460 e. The van der Waals surface area contributed by atoms with E-state index < -0.39 is 0 Å². The van der Waals surface area contributed by atoms with E-state index in [1.54, 1.807) is 4.68 Å². The third-order valence-corrected chi connectivity index (χ3v) is 4.40. The van der Waals surface area contributed by atoms with E-state index >= 15 is 0 Å². The summed E-state index contributed by atoms with van der Waals surface area (Å²) in [6, 6.07) is 6.19. The molecule has 1 atom stereocenters. The van der Waals surface area contributed by atoms with Gasteiger partial charge in [0.2, 0.25) is 0 Å². The topological polar surface area (TPSA) is 57.0 Å². The summed E-state index contributed by atoms with van der Waals surface area (Å²) in [5, 5.41) is 8.42. The summed E-state index contributed by atoms with van der Waals surface area (Å²) in [5.41, 5.74) is 4.07. The lowest BCUT2D eigenvalue weighted by molar-refractivity contribution is -0.141. The first-order valence-corrected chi connectivity index (χ1v) is 8.39. The minimum atomic E-state index is -0.126. The predicted molar refractivity (Wildman–Crippen MR) is 88.9 cm³/mol. The molecule has 1 aliphatic carbocycles. The number of benzene rings is 1. The maximum absolute atomic E-state index is 11.2. The van der Waals surface area contributed by atoms with Crippen LogP contribution in [0.4, 0.5) is 0 Å². The van der Waals surface area contributed by atoms with Gasteiger partial charge in [-0.05, 0) is 43.9 Å². The zero-order valence-electron chi connectivity index (χ0n) is 13.7. The Morgan fingerprint density at radius 3 is 2.92 bits per heavy atom. The lowest BCUT2D eigenvalue weighted by Crippen LogP contribution is -2.16. The fourth-order valence-corrected chi connectivity index (χ4v) is 2.87. The van der Waals surface area contributed by atoms with Gasteiger partial charge < -0.3 is 4.74 Å². The molecule has 2 aromatic rings. The van der Waals surface area contributed by atoms with Gasteiger partial charge in [0.15, 0.2) is 0 Å². The number of ether oxygens (including phenoxy) is 1. The highest BCUT2D eigenvalue weighted by Crippen LogP contribution is 2.28. The SMILES string of the molecule is Cc1cc(C#CC2CC2)ccc1-c1cn(CC2CCC(=O)O2)nn1. The largest absolute Gasteiger partial charge is 0.460 e. The van der Waals surface area contributed by atoms with E-state index in [4.69, 9.17) is 4.74 Å². The van der Waals surface area contributed by atoms with Gasteiger partial charge in [-0.15, -0.1) is 5.10 Å². The summed E-state index contributed by atoms with van der Waals surface area (Å²) in [6.07, 6.45) is 5.54. The van der Waals surface area contributed by atoms with Crippen LogP contribution in [0.15, 0.2) is 24.4 Å². The fraction of sp³-hybridized carbons (Fsp3) is 0.421. The van der Waals surface area contributed by atoms with Crippen LogP contribution < -0.4 is 0 Å². The summed E-state index contributed by atoms with van der Waals surface area (Å²) in [6.45, 7) is 2.62. The Labute approximate surface area is 141 Å². The van der Waals surface area contributed by atoms with Crippen molar-refractivity contribution >= 4 is 5.97 Å². The predicted octanol–water partition coefficient (Wildman–Crippen LogP) is 2.72. The normalized spacial score (nSPS) is 19.7. The van der Waals surface area contributed by atoms with Crippen LogP contribution in [0.25, 0.3) is 11.3 Å². The van der Waals surface area contributed by atoms with Gasteiger partial charge >= 0.3 is 5.97 Å². The van der Waals surface area contributed by atoms with E-state index in [0.717, 1.165) is 28.8 Å². The Balaban J connectivity index is 1.49. The third-order valence-electron chi connectivity index (χ3n) is 4.40. The molecule has 0 spiro atoms. The zero-order chi connectivity index (χ0) is 16.5. The number of cyclic esters (lactones) is 1. The Kier molecular flexibility index (Phi) is 3.81. The number of esters is 1. The highest BCUT2D eigenvalue weighted by atomic mass is 16.5. The molecule has 2 fully saturated rings. The first-order valence-electron chi connectivity index (χ1n) is 8.39. The van der Waals surface area contributed by atoms with Crippen LogP contribution in [0.3, 0.4) is 0 Å². The molecule has 122 valence electrons. The molecule has 1 unspecified atom stereocenters. The van der Waals surface area contributed by atoms with Crippen molar-refractivity contribution in [3.05, 3.63) is 35.5 Å². The average Bonchev–Trinajstić information content (AvgIpc) is 3.14. The summed E-state index contributed by atoms with van der Waals surface area (Å²) in [7, 11) is 0. The molecular formula is C19H19N3O2. The fourth-order valence-electron chi connectivity index (χ4n) is 2.87. The van der Waals surface area contributed by atoms with Crippen molar-refractivity contribution in [2.45, 2.75) is 45.3 Å². The van der Waals surface area contributed by atoms with Gasteiger partial charge in [-0.3, -0.25) is 4.79 Å². The van der Waals surface area contributed by atoms with Gasteiger partial charge in [-0.25, -0.2) is 4.68 Å². The number of hydrogen-bond donors (Lipinski definition) is 0. The van der Waals surface area contributed by atoms with E-state index in [1.165, 1.54) is 12.8 Å². The number of aryl methyl sites for hydroxylation is 1. The molecule has 1 aliphatic heterocycles. The highest BCUT2D eigenvalue weighted by Gasteiger charge is 2.24. The molecule has 4 rings (SSSR count). The molecule has 0 amide bonds. The summed E-state index contributed by atoms with van der Waals surface area (Å²) in [4.78, 5) is 11.2. The van der Waals surface area contributed by atoms with E-state index in [1.807, 2.05) is 12.3 Å². The van der Waals surface area contributed by atoms with Crippen LogP contribution in [0, 0.1) is 24.7 Å². The van der Waals surface area contributed by atoms with Crippen molar-refractivity contribution in [3.8, 4) is 23.1 Å². The van der Waals surface area contributed by atoms with Crippen LogP contribution in [-0.4, -0.2) is 27.1 Å². The van der Waals surface area contributed by atoms with Gasteiger partial charge in [0.1, 0.15) is 11.8 Å². The Morgan fingerprint density at radius 2 is 2.21 bits per heavy atom. The number of nitrogens with zero attached hydrogens (tertiary/aromatic N) is 3. The van der Waals surface area contributed by atoms with Crippen LogP contribution >= 0.6 is 0 Å². The molecular weight excluding hydrogens is 302 g/mol. The maximum Gasteiger partial charge on any atom is 0.306 e. The molecule has 24 heavy (non-hydrogen) atoms. The standard InChI is InChI=1S/C19H19N3O2/c1-13-10-15(5-4-14-2-3-14)6-8-17(13)18-12-22(21-20-18)11-16-7-9-19(23)24-16/h6,8,10,12,14,16H,2-3,7,9,11H2,1H3. The quantitative estimate of drug-likeness (QED) is 0.644. The lowest BCUT2D eigenvalue weighted by atomic mass is 10.0. The van der Waals surface area contributed by atoms with E-state index in [9.17, 15) is 4.79 Å². The summed E-state index contributed by atoms with van der Waals surface area (Å²) in [5.74, 6) is 7.01. The van der Waals surface area contributed by atoms with E-state index in [2.05, 4.69) is 41.2 Å². The molecule has 0 radical (unpaired) electrons. The Hall–Kier alpha value is -2.61. The first kappa shape index (κ1) is 14.9. The number of carbonyl (C=O) groups is 1. The number of aromatic nitrogens is 3. The summed E-state index contributed by atoms with van der Waals surface area (Å²) < 4.78 is 6.98. The lowest BCUT2D eigenvalue weighted by Gasteiger charge is -2.07. The van der Waals surface area contributed by atoms with Gasteiger partial charge in [0.25, 0.3) is 0 Å². The molecule has 0 bridgehead atoms. The molecule has 0 N–H and O–H groups in total. The smallest absolute Gasteiger partial charge is 0.306 e. The van der Waals surface area contributed by atoms with Gasteiger partial charge in [0, 0.05) is 23.5 Å². The maximum atomic E-state index is 11.2. The van der Waals surface area contributed by atoms with E-state index in [-0.39, 0.29) is 12.1 Å². The molecule has 1 aromatic carbocycles. The molecule has 1 saturated heterocycles. The van der Waals surface area contributed by atoms with Gasteiger partial charge in [-0.2, -0.15) is 0 Å². The number of rotatable bonds is 3. The summed E-state index contributed by atoms with van der Waals surface area (Å²) >= 11 is 0. The molecule has 5 nitrogen and oxygen atoms in total. The van der Waals surface area contributed by atoms with Crippen molar-refractivity contribution in [1.82, 2.24) is 15.0 Å². The average molecular weight is 321 g/mol. The molecule has 2 heterocycles. The van der Waals surface area contributed by atoms with Crippen molar-refractivity contribution in [3.63, 3.8) is 0 Å². The van der Waals surface area contributed by atoms with Gasteiger partial charge in [-0.1, -0.05) is 23.1 Å². The van der Waals surface area contributed by atoms with E-state index in [0.29, 0.717) is 18.9 Å². The molecule has 1 aromatic heterocycles. The van der Waals surface area contributed by atoms with Crippen molar-refractivity contribution in [1.29, 1.82) is 0 Å². The number of hydrogen-bond acceptors (Lipinski definition) is 4. The van der Waals surface area contributed by atoms with Crippen molar-refractivity contribution in [2.24, 2.45) is 5.92 Å². The van der Waals surface area contributed by atoms with Gasteiger partial charge in [0.05, 0.1) is 12.7 Å². The second kappa shape index (κ2) is 6.12. The second-order valence-corrected chi connectivity index (χ2v) is 6.55. The van der Waals surface area contributed by atoms with Crippen LogP contribution in [-0.2, 0) is 16.1 Å². The molecule has 2 aliphatic rings. The van der Waals surface area contributed by atoms with Crippen LogP contribution in [0.5, 0.6) is 0 Å². The van der Waals surface area contributed by atoms with Crippen LogP contribution in [0.2, 0.25) is 0 Å². The Morgan fingerprint density at radius 1 is 1.33 bits per heavy atom. The monoisotopic (exact) mass is 321 g/mol. The van der Waals surface area contributed by atoms with Crippen LogP contribution in [0.1, 0.15) is 36.8 Å².